The molecule has 0 radical (unpaired) electrons. The van der Waals surface area contributed by atoms with Gasteiger partial charge in [-0.15, -0.1) is 0 Å². The predicted molar refractivity (Wildman–Crippen MR) is 118 cm³/mol. The lowest BCUT2D eigenvalue weighted by Crippen LogP contribution is -2.19. The van der Waals surface area contributed by atoms with Crippen molar-refractivity contribution >= 4 is 52.2 Å². The zero-order valence-corrected chi connectivity index (χ0v) is 18.5. The van der Waals surface area contributed by atoms with Gasteiger partial charge in [-0.3, -0.25) is 4.79 Å². The van der Waals surface area contributed by atoms with Crippen molar-refractivity contribution in [2.24, 2.45) is 4.99 Å². The summed E-state index contributed by atoms with van der Waals surface area (Å²) >= 11 is 6.56. The summed E-state index contributed by atoms with van der Waals surface area (Å²) in [6.07, 6.45) is -3.10. The van der Waals surface area contributed by atoms with Crippen LogP contribution in [-0.2, 0) is 15.8 Å². The van der Waals surface area contributed by atoms with Gasteiger partial charge in [-0.05, 0) is 60.7 Å². The molecule has 12 heteroatoms. The van der Waals surface area contributed by atoms with Gasteiger partial charge in [0, 0.05) is 0 Å². The number of ether oxygens (including phenoxy) is 2. The maximum atomic E-state index is 13.0. The molecule has 1 fully saturated rings. The molecule has 2 aromatic carbocycles. The molecule has 0 saturated carbocycles. The molecule has 1 amide bonds. The smallest absolute Gasteiger partial charge is 0.417 e. The highest BCUT2D eigenvalue weighted by Crippen LogP contribution is 2.38. The number of nitrogens with one attached hydrogen (secondary N) is 1. The van der Waals surface area contributed by atoms with Crippen molar-refractivity contribution in [3.8, 4) is 11.5 Å². The normalized spacial score (nSPS) is 16.2. The van der Waals surface area contributed by atoms with Crippen molar-refractivity contribution in [2.75, 3.05) is 13.2 Å². The third-order valence-electron chi connectivity index (χ3n) is 4.05. The van der Waals surface area contributed by atoms with E-state index in [1.807, 2.05) is 0 Å². The number of amidine groups is 1. The number of rotatable bonds is 7. The summed E-state index contributed by atoms with van der Waals surface area (Å²) in [7, 11) is 0. The van der Waals surface area contributed by atoms with Crippen LogP contribution in [0.3, 0.4) is 0 Å². The fraction of sp³-hybridized carbons (Fsp3) is 0.190. The van der Waals surface area contributed by atoms with Crippen LogP contribution in [0.25, 0.3) is 6.08 Å². The lowest BCUT2D eigenvalue weighted by atomic mass is 10.2. The molecule has 1 saturated heterocycles. The van der Waals surface area contributed by atoms with E-state index in [1.54, 1.807) is 19.1 Å². The standard InChI is InChI=1S/C21H16ClF3N2O5S/c1-2-31-16-7-11(3-6-15(16)32-10-18(28)29)8-17-19(30)27-20(33-17)26-12-4-5-14(22)13(9-12)21(23,24)25/h3-9H,2,10H2,1H3,(H,28,29)(H,26,27,30)/b17-8+. The highest BCUT2D eigenvalue weighted by Gasteiger charge is 2.33. The Balaban J connectivity index is 1.83. The molecule has 2 aromatic rings. The molecule has 33 heavy (non-hydrogen) atoms. The summed E-state index contributed by atoms with van der Waals surface area (Å²) in [4.78, 5) is 27.4. The summed E-state index contributed by atoms with van der Waals surface area (Å²) in [6, 6.07) is 7.89. The van der Waals surface area contributed by atoms with Gasteiger partial charge in [-0.1, -0.05) is 17.7 Å². The van der Waals surface area contributed by atoms with E-state index in [0.29, 0.717) is 17.9 Å². The fourth-order valence-corrected chi connectivity index (χ4v) is 3.76. The molecule has 3 rings (SSSR count). The largest absolute Gasteiger partial charge is 0.490 e. The van der Waals surface area contributed by atoms with Gasteiger partial charge in [0.25, 0.3) is 5.91 Å². The van der Waals surface area contributed by atoms with Gasteiger partial charge in [-0.2, -0.15) is 13.2 Å². The molecular formula is C21H16ClF3N2O5S. The molecule has 1 aliphatic heterocycles. The molecular weight excluding hydrogens is 485 g/mol. The van der Waals surface area contributed by atoms with E-state index in [2.05, 4.69) is 10.3 Å². The number of hydrogen-bond acceptors (Lipinski definition) is 6. The number of thioether (sulfide) groups is 1. The highest BCUT2D eigenvalue weighted by molar-refractivity contribution is 8.18. The van der Waals surface area contributed by atoms with Crippen molar-refractivity contribution in [3.63, 3.8) is 0 Å². The van der Waals surface area contributed by atoms with Crippen LogP contribution in [0.15, 0.2) is 46.3 Å². The average molecular weight is 501 g/mol. The number of carboxylic acids is 1. The molecule has 0 aromatic heterocycles. The molecule has 1 heterocycles. The van der Waals surface area contributed by atoms with Crippen molar-refractivity contribution in [1.82, 2.24) is 5.32 Å². The van der Waals surface area contributed by atoms with E-state index in [1.165, 1.54) is 18.2 Å². The number of aliphatic carboxylic acids is 1. The van der Waals surface area contributed by atoms with Crippen LogP contribution < -0.4 is 14.8 Å². The topological polar surface area (TPSA) is 97.2 Å². The van der Waals surface area contributed by atoms with Gasteiger partial charge in [-0.25, -0.2) is 9.79 Å². The average Bonchev–Trinajstić information content (AvgIpc) is 3.06. The summed E-state index contributed by atoms with van der Waals surface area (Å²) in [5.41, 5.74) is -0.481. The second-order valence-corrected chi connectivity index (χ2v) is 7.90. The first-order valence-electron chi connectivity index (χ1n) is 9.34. The van der Waals surface area contributed by atoms with E-state index in [4.69, 9.17) is 26.2 Å². The Labute approximate surface area is 195 Å². The van der Waals surface area contributed by atoms with E-state index >= 15 is 0 Å². The minimum absolute atomic E-state index is 0.0191. The van der Waals surface area contributed by atoms with Gasteiger partial charge >= 0.3 is 12.1 Å². The minimum atomic E-state index is -4.64. The van der Waals surface area contributed by atoms with Crippen LogP contribution in [-0.4, -0.2) is 35.4 Å². The summed E-state index contributed by atoms with van der Waals surface area (Å²) in [6.45, 7) is 1.51. The number of benzene rings is 2. The lowest BCUT2D eigenvalue weighted by Gasteiger charge is -2.11. The second-order valence-electron chi connectivity index (χ2n) is 6.47. The summed E-state index contributed by atoms with van der Waals surface area (Å²) < 4.78 is 49.8. The maximum absolute atomic E-state index is 13.0. The minimum Gasteiger partial charge on any atom is -0.490 e. The molecule has 0 unspecified atom stereocenters. The van der Waals surface area contributed by atoms with Gasteiger partial charge < -0.3 is 19.9 Å². The molecule has 1 aliphatic rings. The number of nitrogens with zero attached hydrogens (tertiary/aromatic N) is 1. The molecule has 0 bridgehead atoms. The van der Waals surface area contributed by atoms with Gasteiger partial charge in [0.2, 0.25) is 0 Å². The van der Waals surface area contributed by atoms with Crippen molar-refractivity contribution in [2.45, 2.75) is 13.1 Å². The molecule has 0 spiro atoms. The first kappa shape index (κ1) is 24.5. The molecule has 0 atom stereocenters. The van der Waals surface area contributed by atoms with Crippen molar-refractivity contribution < 1.29 is 37.3 Å². The van der Waals surface area contributed by atoms with Gasteiger partial charge in [0.15, 0.2) is 23.3 Å². The van der Waals surface area contributed by atoms with Crippen LogP contribution in [0.2, 0.25) is 5.02 Å². The number of hydrogen-bond donors (Lipinski definition) is 2. The molecule has 7 nitrogen and oxygen atoms in total. The zero-order chi connectivity index (χ0) is 24.2. The summed E-state index contributed by atoms with van der Waals surface area (Å²) in [5.74, 6) is -1.09. The Bertz CT molecular complexity index is 1150. The van der Waals surface area contributed by atoms with Crippen molar-refractivity contribution in [1.29, 1.82) is 0 Å². The van der Waals surface area contributed by atoms with E-state index < -0.39 is 35.2 Å². The van der Waals surface area contributed by atoms with Crippen molar-refractivity contribution in [3.05, 3.63) is 57.5 Å². The van der Waals surface area contributed by atoms with Crippen LogP contribution in [0.5, 0.6) is 11.5 Å². The van der Waals surface area contributed by atoms with Crippen LogP contribution in [0.1, 0.15) is 18.1 Å². The SMILES string of the molecule is CCOc1cc(/C=C2/SC(=Nc3ccc(Cl)c(C(F)(F)F)c3)NC2=O)ccc1OCC(=O)O. The van der Waals surface area contributed by atoms with Crippen LogP contribution in [0.4, 0.5) is 18.9 Å². The number of alkyl halides is 3. The first-order valence-corrected chi connectivity index (χ1v) is 10.5. The van der Waals surface area contributed by atoms with Crippen LogP contribution >= 0.6 is 23.4 Å². The molecule has 2 N–H and O–H groups in total. The number of aliphatic imine (C=N–C) groups is 1. The quantitative estimate of drug-likeness (QED) is 0.513. The fourth-order valence-electron chi connectivity index (χ4n) is 2.69. The van der Waals surface area contributed by atoms with Crippen LogP contribution in [0, 0.1) is 0 Å². The lowest BCUT2D eigenvalue weighted by molar-refractivity contribution is -0.139. The second kappa shape index (κ2) is 10.2. The third kappa shape index (κ3) is 6.42. The van der Waals surface area contributed by atoms with E-state index in [-0.39, 0.29) is 21.5 Å². The number of halogens is 4. The Morgan fingerprint density at radius 2 is 1.97 bits per heavy atom. The Hall–Kier alpha value is -3.18. The van der Waals surface area contributed by atoms with E-state index in [9.17, 15) is 22.8 Å². The Morgan fingerprint density at radius 3 is 2.64 bits per heavy atom. The first-order chi connectivity index (χ1) is 15.6. The maximum Gasteiger partial charge on any atom is 0.417 e. The zero-order valence-electron chi connectivity index (χ0n) is 16.9. The highest BCUT2D eigenvalue weighted by atomic mass is 35.5. The molecule has 174 valence electrons. The number of carboxylic acid groups (broad SMARTS) is 1. The number of carbonyl (C=O) groups is 2. The molecule has 0 aliphatic carbocycles. The monoisotopic (exact) mass is 500 g/mol. The number of amides is 1. The third-order valence-corrected chi connectivity index (χ3v) is 5.29. The number of carbonyl (C=O) groups excluding carboxylic acids is 1. The summed E-state index contributed by atoms with van der Waals surface area (Å²) in [5, 5.41) is 10.9. The van der Waals surface area contributed by atoms with Gasteiger partial charge in [0.1, 0.15) is 0 Å². The van der Waals surface area contributed by atoms with Gasteiger partial charge in [0.05, 0.1) is 27.8 Å². The Morgan fingerprint density at radius 1 is 1.21 bits per heavy atom. The predicted octanol–water partition coefficient (Wildman–Crippen LogP) is 5.11. The van der Waals surface area contributed by atoms with E-state index in [0.717, 1.165) is 23.9 Å². The Kier molecular flexibility index (Phi) is 7.54.